The molecule has 1 aromatic heterocycles. The molecule has 1 saturated heterocycles. The number of phenols is 1. The first-order chi connectivity index (χ1) is 18.1. The standard InChI is InChI=1S/C27H22F4N2O4S/c28-19-10-12-20(13-11-19)33-21-4-1-5-22(34)24(21)23(16-6-8-17(9-7-16)26(35)36)25(33)18-3-2-14-32(15-18)38(37)27(29,30)31/h1,4-13,18,34H,2-3,14-15H2,(H,35,36). The van der Waals surface area contributed by atoms with Crippen molar-refractivity contribution in [1.82, 2.24) is 8.87 Å². The summed E-state index contributed by atoms with van der Waals surface area (Å²) in [5.74, 6) is -2.20. The lowest BCUT2D eigenvalue weighted by atomic mass is 9.89. The normalized spacial score (nSPS) is 17.5. The predicted molar refractivity (Wildman–Crippen MR) is 135 cm³/mol. The molecule has 0 radical (unpaired) electrons. The van der Waals surface area contributed by atoms with Crippen LogP contribution in [0.3, 0.4) is 0 Å². The van der Waals surface area contributed by atoms with Crippen LogP contribution in [0, 0.1) is 5.82 Å². The van der Waals surface area contributed by atoms with E-state index in [9.17, 15) is 36.8 Å². The fourth-order valence-corrected chi connectivity index (χ4v) is 6.03. The van der Waals surface area contributed by atoms with Crippen LogP contribution in [0.25, 0.3) is 27.7 Å². The minimum Gasteiger partial charge on any atom is -0.507 e. The van der Waals surface area contributed by atoms with Crippen molar-refractivity contribution in [2.45, 2.75) is 24.3 Å². The summed E-state index contributed by atoms with van der Waals surface area (Å²) in [4.78, 5) is 11.4. The molecule has 11 heteroatoms. The van der Waals surface area contributed by atoms with E-state index < -0.39 is 34.2 Å². The van der Waals surface area contributed by atoms with Crippen molar-refractivity contribution in [3.05, 3.63) is 83.8 Å². The van der Waals surface area contributed by atoms with Crippen LogP contribution in [0.5, 0.6) is 5.75 Å². The average molecular weight is 547 g/mol. The van der Waals surface area contributed by atoms with E-state index in [0.29, 0.717) is 46.3 Å². The van der Waals surface area contributed by atoms with Crippen LogP contribution < -0.4 is 0 Å². The van der Waals surface area contributed by atoms with E-state index in [4.69, 9.17) is 0 Å². The Hall–Kier alpha value is -3.70. The molecule has 1 aliphatic heterocycles. The van der Waals surface area contributed by atoms with E-state index >= 15 is 0 Å². The second kappa shape index (κ2) is 9.88. The van der Waals surface area contributed by atoms with Gasteiger partial charge in [-0.05, 0) is 66.9 Å². The van der Waals surface area contributed by atoms with E-state index in [1.165, 1.54) is 42.5 Å². The van der Waals surface area contributed by atoms with Crippen LogP contribution in [-0.4, -0.2) is 47.9 Å². The van der Waals surface area contributed by atoms with Crippen molar-refractivity contribution in [2.75, 3.05) is 13.1 Å². The van der Waals surface area contributed by atoms with Gasteiger partial charge in [-0.2, -0.15) is 13.2 Å². The van der Waals surface area contributed by atoms with Gasteiger partial charge in [0.2, 0.25) is 11.0 Å². The summed E-state index contributed by atoms with van der Waals surface area (Å²) in [6.45, 7) is -0.155. The smallest absolute Gasteiger partial charge is 0.485 e. The van der Waals surface area contributed by atoms with E-state index in [2.05, 4.69) is 0 Å². The maximum Gasteiger partial charge on any atom is 0.485 e. The van der Waals surface area contributed by atoms with Crippen LogP contribution in [0.1, 0.15) is 34.8 Å². The lowest BCUT2D eigenvalue weighted by Gasteiger charge is -2.33. The number of carboxylic acid groups (broad SMARTS) is 1. The molecule has 0 spiro atoms. The Morgan fingerprint density at radius 2 is 1.68 bits per heavy atom. The van der Waals surface area contributed by atoms with Gasteiger partial charge in [0, 0.05) is 41.3 Å². The van der Waals surface area contributed by atoms with Gasteiger partial charge >= 0.3 is 11.5 Å². The number of benzene rings is 3. The Morgan fingerprint density at radius 1 is 1.00 bits per heavy atom. The third kappa shape index (κ3) is 4.67. The lowest BCUT2D eigenvalue weighted by molar-refractivity contribution is -0.0434. The molecule has 2 N–H and O–H groups in total. The van der Waals surface area contributed by atoms with Gasteiger partial charge in [-0.15, -0.1) is 0 Å². The van der Waals surface area contributed by atoms with Crippen molar-refractivity contribution < 1.29 is 36.8 Å². The van der Waals surface area contributed by atoms with E-state index in [-0.39, 0.29) is 24.4 Å². The fraction of sp³-hybridized carbons (Fsp3) is 0.222. The first-order valence-electron chi connectivity index (χ1n) is 11.8. The van der Waals surface area contributed by atoms with Crippen molar-refractivity contribution in [3.8, 4) is 22.6 Å². The summed E-state index contributed by atoms with van der Waals surface area (Å²) >= 11 is 0. The number of hydrogen-bond donors (Lipinski definition) is 2. The maximum absolute atomic E-state index is 13.8. The number of fused-ring (bicyclic) bond motifs is 1. The molecular formula is C27H22F4N2O4S. The van der Waals surface area contributed by atoms with Gasteiger partial charge in [0.25, 0.3) is 0 Å². The summed E-state index contributed by atoms with van der Waals surface area (Å²) in [6, 6.07) is 16.4. The summed E-state index contributed by atoms with van der Waals surface area (Å²) < 4.78 is 68.8. The summed E-state index contributed by atoms with van der Waals surface area (Å²) in [6.07, 6.45) is 0.824. The first-order valence-corrected chi connectivity index (χ1v) is 12.9. The summed E-state index contributed by atoms with van der Waals surface area (Å²) in [7, 11) is -3.19. The lowest BCUT2D eigenvalue weighted by Crippen LogP contribution is -2.41. The van der Waals surface area contributed by atoms with Gasteiger partial charge in [0.05, 0.1) is 11.1 Å². The van der Waals surface area contributed by atoms with Crippen molar-refractivity contribution in [1.29, 1.82) is 0 Å². The highest BCUT2D eigenvalue weighted by Crippen LogP contribution is 2.46. The number of carbonyl (C=O) groups is 1. The van der Waals surface area contributed by atoms with Gasteiger partial charge in [-0.25, -0.2) is 17.7 Å². The maximum atomic E-state index is 13.8. The highest BCUT2D eigenvalue weighted by Gasteiger charge is 2.43. The highest BCUT2D eigenvalue weighted by atomic mass is 32.2. The molecule has 5 rings (SSSR count). The number of nitrogens with zero attached hydrogens (tertiary/aromatic N) is 2. The van der Waals surface area contributed by atoms with Crippen LogP contribution in [0.15, 0.2) is 66.7 Å². The molecule has 38 heavy (non-hydrogen) atoms. The van der Waals surface area contributed by atoms with Crippen LogP contribution >= 0.6 is 0 Å². The van der Waals surface area contributed by atoms with Gasteiger partial charge in [0.1, 0.15) is 11.6 Å². The molecule has 198 valence electrons. The van der Waals surface area contributed by atoms with E-state index in [0.717, 1.165) is 4.31 Å². The first kappa shape index (κ1) is 25.9. The van der Waals surface area contributed by atoms with Gasteiger partial charge in [-0.1, -0.05) is 18.2 Å². The topological polar surface area (TPSA) is 82.8 Å². The number of phenolic OH excluding ortho intramolecular Hbond substituents is 1. The molecule has 2 atom stereocenters. The Kier molecular flexibility index (Phi) is 6.74. The van der Waals surface area contributed by atoms with Gasteiger partial charge in [0.15, 0.2) is 0 Å². The van der Waals surface area contributed by atoms with Crippen molar-refractivity contribution in [3.63, 3.8) is 0 Å². The summed E-state index contributed by atoms with van der Waals surface area (Å²) in [5.41, 5.74) is -2.17. The molecule has 3 aromatic carbocycles. The molecule has 2 heterocycles. The Bertz CT molecular complexity index is 1530. The number of aromatic nitrogens is 1. The SMILES string of the molecule is O=C(O)c1ccc(-c2c(C3CCCN(S(=O)C(F)(F)F)C3)n(-c3ccc(F)cc3)c3cccc(O)c23)cc1. The Morgan fingerprint density at radius 3 is 2.32 bits per heavy atom. The predicted octanol–water partition coefficient (Wildman–Crippen LogP) is 6.20. The number of alkyl halides is 3. The van der Waals surface area contributed by atoms with E-state index in [1.807, 2.05) is 0 Å². The second-order valence-electron chi connectivity index (χ2n) is 9.05. The molecule has 2 unspecified atom stereocenters. The zero-order valence-corrected chi connectivity index (χ0v) is 20.6. The largest absolute Gasteiger partial charge is 0.507 e. The second-order valence-corrected chi connectivity index (χ2v) is 10.5. The number of aromatic hydroxyl groups is 1. The molecule has 0 bridgehead atoms. The van der Waals surface area contributed by atoms with E-state index in [1.54, 1.807) is 28.8 Å². The number of carboxylic acids is 1. The average Bonchev–Trinajstić information content (AvgIpc) is 3.25. The van der Waals surface area contributed by atoms with Crippen LogP contribution in [0.4, 0.5) is 17.6 Å². The Balaban J connectivity index is 1.79. The minimum atomic E-state index is -4.90. The molecule has 6 nitrogen and oxygen atoms in total. The third-order valence-electron chi connectivity index (χ3n) is 6.72. The minimum absolute atomic E-state index is 0.00723. The van der Waals surface area contributed by atoms with Crippen LogP contribution in [-0.2, 0) is 11.0 Å². The van der Waals surface area contributed by atoms with Gasteiger partial charge in [-0.3, -0.25) is 0 Å². The summed E-state index contributed by atoms with van der Waals surface area (Å²) in [5, 5.41) is 20.7. The molecule has 0 aliphatic carbocycles. The number of piperidine rings is 1. The zero-order chi connectivity index (χ0) is 27.2. The number of rotatable bonds is 5. The molecular weight excluding hydrogens is 524 g/mol. The van der Waals surface area contributed by atoms with Crippen LogP contribution in [0.2, 0.25) is 0 Å². The molecule has 1 fully saturated rings. The molecule has 4 aromatic rings. The highest BCUT2D eigenvalue weighted by molar-refractivity contribution is 7.83. The third-order valence-corrected chi connectivity index (χ3v) is 7.91. The monoisotopic (exact) mass is 546 g/mol. The fourth-order valence-electron chi connectivity index (χ4n) is 5.13. The zero-order valence-electron chi connectivity index (χ0n) is 19.8. The number of hydrogen-bond acceptors (Lipinski definition) is 3. The molecule has 0 saturated carbocycles. The van der Waals surface area contributed by atoms with Crippen molar-refractivity contribution >= 4 is 27.9 Å². The molecule has 0 amide bonds. The quantitative estimate of drug-likeness (QED) is 0.292. The number of halogens is 4. The number of aromatic carboxylic acids is 1. The van der Waals surface area contributed by atoms with Gasteiger partial charge < -0.3 is 14.8 Å². The Labute approximate surface area is 217 Å². The molecule has 1 aliphatic rings. The van der Waals surface area contributed by atoms with Crippen molar-refractivity contribution in [2.24, 2.45) is 0 Å².